The van der Waals surface area contributed by atoms with Gasteiger partial charge in [-0.15, -0.1) is 0 Å². The Balaban J connectivity index is 1.92. The van der Waals surface area contributed by atoms with Crippen LogP contribution in [-0.2, 0) is 15.9 Å². The number of para-hydroxylation sites is 2. The van der Waals surface area contributed by atoms with E-state index in [0.29, 0.717) is 37.8 Å². The number of benzene rings is 2. The molecule has 0 heterocycles. The van der Waals surface area contributed by atoms with Crippen LogP contribution in [0, 0.1) is 0 Å². The molecule has 2 aromatic rings. The van der Waals surface area contributed by atoms with Gasteiger partial charge in [0.2, 0.25) is 0 Å². The molecule has 0 aromatic heterocycles. The average Bonchev–Trinajstić information content (AvgIpc) is 2.87. The van der Waals surface area contributed by atoms with E-state index < -0.39 is 0 Å². The number of nitrogens with zero attached hydrogens (tertiary/aromatic N) is 1. The van der Waals surface area contributed by atoms with Crippen LogP contribution in [-0.4, -0.2) is 57.7 Å². The second-order valence-corrected chi connectivity index (χ2v) is 8.32. The minimum atomic E-state index is -0.0965. The summed E-state index contributed by atoms with van der Waals surface area (Å²) in [6.07, 6.45) is 6.54. The van der Waals surface area contributed by atoms with Gasteiger partial charge in [-0.1, -0.05) is 56.9 Å². The van der Waals surface area contributed by atoms with Crippen molar-refractivity contribution in [1.82, 2.24) is 4.90 Å². The molecule has 0 spiro atoms. The highest BCUT2D eigenvalue weighted by molar-refractivity contribution is 5.91. The van der Waals surface area contributed by atoms with Crippen LogP contribution in [0.1, 0.15) is 51.5 Å². The van der Waals surface area contributed by atoms with Gasteiger partial charge < -0.3 is 29.2 Å². The van der Waals surface area contributed by atoms with E-state index >= 15 is 0 Å². The van der Waals surface area contributed by atoms with Crippen LogP contribution >= 0.6 is 0 Å². The van der Waals surface area contributed by atoms with E-state index in [1.807, 2.05) is 60.4 Å². The standard InChI is InChI=1S/C28H42N2O5/c1-4-6-7-8-11-19-30(28(31)29-26-12-9-10-13-27(26)34-5-2)20-18-24-14-16-25(17-15-24)35-23-33-22-21-32-3/h9-10,12-17H,4-8,11,18-23H2,1-3H3,(H,29,31). The third-order valence-electron chi connectivity index (χ3n) is 5.58. The van der Waals surface area contributed by atoms with E-state index in [2.05, 4.69) is 12.2 Å². The van der Waals surface area contributed by atoms with Crippen LogP contribution < -0.4 is 14.8 Å². The Kier molecular flexibility index (Phi) is 14.3. The number of methoxy groups -OCH3 is 1. The highest BCUT2D eigenvalue weighted by atomic mass is 16.7. The molecule has 0 aliphatic rings. The van der Waals surface area contributed by atoms with Crippen LogP contribution in [0.3, 0.4) is 0 Å². The monoisotopic (exact) mass is 486 g/mol. The summed E-state index contributed by atoms with van der Waals surface area (Å²) in [4.78, 5) is 15.1. The molecular weight excluding hydrogens is 444 g/mol. The number of carbonyl (C=O) groups is 1. The summed E-state index contributed by atoms with van der Waals surface area (Å²) < 4.78 is 21.5. The molecule has 2 amide bonds. The van der Waals surface area contributed by atoms with E-state index in [0.717, 1.165) is 37.1 Å². The van der Waals surface area contributed by atoms with Crippen LogP contribution in [0.25, 0.3) is 0 Å². The van der Waals surface area contributed by atoms with Crippen molar-refractivity contribution in [3.8, 4) is 11.5 Å². The van der Waals surface area contributed by atoms with Gasteiger partial charge >= 0.3 is 6.03 Å². The molecule has 0 aliphatic heterocycles. The SMILES string of the molecule is CCCCCCCN(CCc1ccc(OCOCCOC)cc1)C(=O)Nc1ccccc1OCC. The maximum absolute atomic E-state index is 13.2. The van der Waals surface area contributed by atoms with E-state index in [4.69, 9.17) is 18.9 Å². The maximum atomic E-state index is 13.2. The first kappa shape index (κ1) is 28.5. The summed E-state index contributed by atoms with van der Waals surface area (Å²) in [6.45, 7) is 7.29. The molecule has 0 saturated heterocycles. The van der Waals surface area contributed by atoms with Gasteiger partial charge in [-0.25, -0.2) is 4.79 Å². The summed E-state index contributed by atoms with van der Waals surface area (Å²) in [7, 11) is 1.64. The molecule has 7 nitrogen and oxygen atoms in total. The number of nitrogens with one attached hydrogen (secondary N) is 1. The number of hydrogen-bond acceptors (Lipinski definition) is 5. The molecule has 0 unspecified atom stereocenters. The minimum absolute atomic E-state index is 0.0965. The number of urea groups is 1. The number of ether oxygens (including phenoxy) is 4. The lowest BCUT2D eigenvalue weighted by atomic mass is 10.1. The Morgan fingerprint density at radius 1 is 0.886 bits per heavy atom. The lowest BCUT2D eigenvalue weighted by Gasteiger charge is -2.24. The van der Waals surface area contributed by atoms with Crippen LogP contribution in [0.15, 0.2) is 48.5 Å². The lowest BCUT2D eigenvalue weighted by molar-refractivity contribution is -0.00847. The maximum Gasteiger partial charge on any atom is 0.321 e. The number of hydrogen-bond donors (Lipinski definition) is 1. The normalized spacial score (nSPS) is 10.7. The third kappa shape index (κ3) is 11.5. The molecule has 7 heteroatoms. The fraction of sp³-hybridized carbons (Fsp3) is 0.536. The molecule has 0 atom stereocenters. The molecule has 0 fully saturated rings. The first-order valence-electron chi connectivity index (χ1n) is 12.7. The van der Waals surface area contributed by atoms with Gasteiger partial charge in [-0.2, -0.15) is 0 Å². The quantitative estimate of drug-likeness (QED) is 0.203. The van der Waals surface area contributed by atoms with E-state index in [9.17, 15) is 4.79 Å². The van der Waals surface area contributed by atoms with Gasteiger partial charge in [0.1, 0.15) is 11.5 Å². The van der Waals surface area contributed by atoms with Crippen molar-refractivity contribution in [2.45, 2.75) is 52.4 Å². The summed E-state index contributed by atoms with van der Waals surface area (Å²) >= 11 is 0. The first-order chi connectivity index (χ1) is 17.2. The third-order valence-corrected chi connectivity index (χ3v) is 5.58. The van der Waals surface area contributed by atoms with Gasteiger partial charge in [0.05, 0.1) is 25.5 Å². The van der Waals surface area contributed by atoms with Gasteiger partial charge in [-0.05, 0) is 49.6 Å². The summed E-state index contributed by atoms with van der Waals surface area (Å²) in [5.74, 6) is 1.44. The fourth-order valence-electron chi connectivity index (χ4n) is 3.59. The number of unbranched alkanes of at least 4 members (excludes halogenated alkanes) is 4. The average molecular weight is 487 g/mol. The molecular formula is C28H42N2O5. The molecule has 0 saturated carbocycles. The second kappa shape index (κ2) is 17.6. The molecule has 2 aromatic carbocycles. The Labute approximate surface area is 210 Å². The Morgan fingerprint density at radius 2 is 1.66 bits per heavy atom. The van der Waals surface area contributed by atoms with Gasteiger partial charge in [0.15, 0.2) is 6.79 Å². The van der Waals surface area contributed by atoms with Crippen LogP contribution in [0.5, 0.6) is 11.5 Å². The van der Waals surface area contributed by atoms with Gasteiger partial charge in [0, 0.05) is 20.2 Å². The zero-order valence-electron chi connectivity index (χ0n) is 21.6. The van der Waals surface area contributed by atoms with Crippen molar-refractivity contribution in [3.05, 3.63) is 54.1 Å². The molecule has 0 bridgehead atoms. The van der Waals surface area contributed by atoms with Crippen molar-refractivity contribution in [1.29, 1.82) is 0 Å². The highest BCUT2D eigenvalue weighted by Crippen LogP contribution is 2.24. The molecule has 0 aliphatic carbocycles. The van der Waals surface area contributed by atoms with Crippen LogP contribution in [0.4, 0.5) is 10.5 Å². The predicted molar refractivity (Wildman–Crippen MR) is 140 cm³/mol. The Bertz CT molecular complexity index is 828. The Hall–Kier alpha value is -2.77. The highest BCUT2D eigenvalue weighted by Gasteiger charge is 2.15. The van der Waals surface area contributed by atoms with Crippen molar-refractivity contribution in [2.75, 3.05) is 52.1 Å². The van der Waals surface area contributed by atoms with Crippen LogP contribution in [0.2, 0.25) is 0 Å². The topological polar surface area (TPSA) is 69.3 Å². The molecule has 1 N–H and O–H groups in total. The predicted octanol–water partition coefficient (Wildman–Crippen LogP) is 6.13. The zero-order chi connectivity index (χ0) is 25.1. The number of anilines is 1. The summed E-state index contributed by atoms with van der Waals surface area (Å²) in [6, 6.07) is 15.4. The number of amides is 2. The van der Waals surface area contributed by atoms with E-state index in [1.165, 1.54) is 19.3 Å². The minimum Gasteiger partial charge on any atom is -0.492 e. The second-order valence-electron chi connectivity index (χ2n) is 8.32. The Morgan fingerprint density at radius 3 is 2.40 bits per heavy atom. The lowest BCUT2D eigenvalue weighted by Crippen LogP contribution is -2.37. The van der Waals surface area contributed by atoms with Crippen molar-refractivity contribution < 1.29 is 23.7 Å². The van der Waals surface area contributed by atoms with Crippen molar-refractivity contribution >= 4 is 11.7 Å². The molecule has 194 valence electrons. The van der Waals surface area contributed by atoms with Crippen molar-refractivity contribution in [3.63, 3.8) is 0 Å². The number of carbonyl (C=O) groups excluding carboxylic acids is 1. The molecule has 2 rings (SSSR count). The molecule has 0 radical (unpaired) electrons. The van der Waals surface area contributed by atoms with Gasteiger partial charge in [0.25, 0.3) is 0 Å². The largest absolute Gasteiger partial charge is 0.492 e. The van der Waals surface area contributed by atoms with Gasteiger partial charge in [-0.3, -0.25) is 0 Å². The smallest absolute Gasteiger partial charge is 0.321 e. The molecule has 35 heavy (non-hydrogen) atoms. The first-order valence-corrected chi connectivity index (χ1v) is 12.7. The fourth-order valence-corrected chi connectivity index (χ4v) is 3.59. The zero-order valence-corrected chi connectivity index (χ0v) is 21.6. The van der Waals surface area contributed by atoms with Crippen molar-refractivity contribution in [2.24, 2.45) is 0 Å². The summed E-state index contributed by atoms with van der Waals surface area (Å²) in [5, 5.41) is 3.05. The van der Waals surface area contributed by atoms with E-state index in [1.54, 1.807) is 7.11 Å². The number of rotatable bonds is 18. The van der Waals surface area contributed by atoms with E-state index in [-0.39, 0.29) is 12.8 Å². The summed E-state index contributed by atoms with van der Waals surface area (Å²) in [5.41, 5.74) is 1.85.